The van der Waals surface area contributed by atoms with E-state index in [1.165, 1.54) is 36.7 Å². The van der Waals surface area contributed by atoms with E-state index in [0.29, 0.717) is 6.42 Å². The number of benzene rings is 2. The van der Waals surface area contributed by atoms with Gasteiger partial charge in [0.2, 0.25) is 10.0 Å². The second-order valence-corrected chi connectivity index (χ2v) is 8.39. The second-order valence-electron chi connectivity index (χ2n) is 6.37. The van der Waals surface area contributed by atoms with Crippen molar-refractivity contribution in [1.29, 1.82) is 0 Å². The van der Waals surface area contributed by atoms with Gasteiger partial charge in [0.1, 0.15) is 10.6 Å². The summed E-state index contributed by atoms with van der Waals surface area (Å²) in [4.78, 5) is 12.4. The number of rotatable bonds is 9. The van der Waals surface area contributed by atoms with Crippen molar-refractivity contribution in [2.45, 2.75) is 30.8 Å². The van der Waals surface area contributed by atoms with E-state index in [4.69, 9.17) is 4.74 Å². The Balaban J connectivity index is 2.35. The van der Waals surface area contributed by atoms with Crippen LogP contribution in [0.25, 0.3) is 0 Å². The van der Waals surface area contributed by atoms with Gasteiger partial charge in [-0.05, 0) is 30.2 Å². The summed E-state index contributed by atoms with van der Waals surface area (Å²) < 4.78 is 32.6. The van der Waals surface area contributed by atoms with Gasteiger partial charge in [0.25, 0.3) is 5.91 Å². The summed E-state index contributed by atoms with van der Waals surface area (Å²) in [6.07, 6.45) is 0.559. The van der Waals surface area contributed by atoms with Gasteiger partial charge in [0, 0.05) is 19.2 Å². The van der Waals surface area contributed by atoms with Crippen LogP contribution in [-0.2, 0) is 16.6 Å². The Morgan fingerprint density at radius 1 is 1.21 bits per heavy atom. The highest BCUT2D eigenvalue weighted by Crippen LogP contribution is 2.28. The highest BCUT2D eigenvalue weighted by Gasteiger charge is 2.26. The van der Waals surface area contributed by atoms with Gasteiger partial charge in [-0.25, -0.2) is 8.42 Å². The lowest BCUT2D eigenvalue weighted by Crippen LogP contribution is -2.37. The summed E-state index contributed by atoms with van der Waals surface area (Å²) in [5, 5.41) is 11.9. The zero-order valence-electron chi connectivity index (χ0n) is 16.3. The summed E-state index contributed by atoms with van der Waals surface area (Å²) in [6.45, 7) is 1.83. The van der Waals surface area contributed by atoms with Crippen LogP contribution in [0, 0.1) is 0 Å². The Hall–Kier alpha value is -2.42. The molecule has 1 amide bonds. The number of aliphatic hydroxyl groups is 1. The van der Waals surface area contributed by atoms with Gasteiger partial charge in [0.05, 0.1) is 19.8 Å². The Morgan fingerprint density at radius 3 is 2.46 bits per heavy atom. The minimum Gasteiger partial charge on any atom is -0.495 e. The lowest BCUT2D eigenvalue weighted by molar-refractivity contribution is 0.0914. The molecule has 0 saturated carbocycles. The summed E-state index contributed by atoms with van der Waals surface area (Å²) in [5.41, 5.74) is 1.02. The average molecular weight is 407 g/mol. The second kappa shape index (κ2) is 9.68. The molecule has 0 saturated heterocycles. The van der Waals surface area contributed by atoms with Crippen molar-refractivity contribution in [2.24, 2.45) is 0 Å². The molecule has 0 heterocycles. The molecule has 1 atom stereocenters. The van der Waals surface area contributed by atoms with Gasteiger partial charge in [-0.2, -0.15) is 4.31 Å². The lowest BCUT2D eigenvalue weighted by Gasteiger charge is -2.20. The molecule has 2 aromatic carbocycles. The number of amides is 1. The van der Waals surface area contributed by atoms with Crippen molar-refractivity contribution < 1.29 is 23.1 Å². The van der Waals surface area contributed by atoms with Crippen LogP contribution in [0.2, 0.25) is 0 Å². The van der Waals surface area contributed by atoms with Gasteiger partial charge in [-0.3, -0.25) is 4.79 Å². The summed E-state index contributed by atoms with van der Waals surface area (Å²) in [7, 11) is -1.04. The van der Waals surface area contributed by atoms with E-state index in [1.807, 2.05) is 37.3 Å². The third-order valence-corrected chi connectivity index (χ3v) is 6.24. The number of hydrogen-bond donors (Lipinski definition) is 2. The minimum absolute atomic E-state index is 0.0851. The van der Waals surface area contributed by atoms with Crippen LogP contribution >= 0.6 is 0 Å². The van der Waals surface area contributed by atoms with Gasteiger partial charge in [-0.15, -0.1) is 0 Å². The monoisotopic (exact) mass is 406 g/mol. The van der Waals surface area contributed by atoms with Crippen molar-refractivity contribution in [1.82, 2.24) is 9.62 Å². The number of carbonyl (C=O) groups is 1. The standard InChI is InChI=1S/C20H26N2O5S/c1-4-17(14-23)21-20(24)16-10-11-18(27-3)19(12-16)28(25,26)22(2)13-15-8-6-5-7-9-15/h5-12,17,23H,4,13-14H2,1-3H3,(H,21,24)/t17-/m1/s1. The van der Waals surface area contributed by atoms with Gasteiger partial charge >= 0.3 is 0 Å². The fourth-order valence-electron chi connectivity index (χ4n) is 2.66. The third-order valence-electron chi connectivity index (χ3n) is 4.41. The molecule has 0 unspecified atom stereocenters. The number of sulfonamides is 1. The van der Waals surface area contributed by atoms with E-state index >= 15 is 0 Å². The molecular formula is C20H26N2O5S. The number of aliphatic hydroxyl groups excluding tert-OH is 1. The number of nitrogens with zero attached hydrogens (tertiary/aromatic N) is 1. The molecule has 0 aliphatic carbocycles. The smallest absolute Gasteiger partial charge is 0.251 e. The minimum atomic E-state index is -3.90. The zero-order valence-corrected chi connectivity index (χ0v) is 17.1. The first-order valence-electron chi connectivity index (χ1n) is 8.93. The van der Waals surface area contributed by atoms with Crippen molar-refractivity contribution in [2.75, 3.05) is 20.8 Å². The molecule has 152 valence electrons. The van der Waals surface area contributed by atoms with Crippen molar-refractivity contribution in [3.63, 3.8) is 0 Å². The van der Waals surface area contributed by atoms with Gasteiger partial charge in [-0.1, -0.05) is 37.3 Å². The van der Waals surface area contributed by atoms with Crippen LogP contribution in [0.1, 0.15) is 29.3 Å². The van der Waals surface area contributed by atoms with Crippen LogP contribution in [0.3, 0.4) is 0 Å². The molecule has 7 nitrogen and oxygen atoms in total. The van der Waals surface area contributed by atoms with Crippen molar-refractivity contribution in [3.05, 3.63) is 59.7 Å². The highest BCUT2D eigenvalue weighted by atomic mass is 32.2. The quantitative estimate of drug-likeness (QED) is 0.664. The Morgan fingerprint density at radius 2 is 1.89 bits per heavy atom. The van der Waals surface area contributed by atoms with E-state index in [0.717, 1.165) is 5.56 Å². The zero-order chi connectivity index (χ0) is 20.7. The van der Waals surface area contributed by atoms with Crippen LogP contribution in [0.4, 0.5) is 0 Å². The molecule has 2 aromatic rings. The molecule has 28 heavy (non-hydrogen) atoms. The molecule has 0 aliphatic heterocycles. The third kappa shape index (κ3) is 5.09. The van der Waals surface area contributed by atoms with Crippen molar-refractivity contribution in [3.8, 4) is 5.75 Å². The van der Waals surface area contributed by atoms with Crippen LogP contribution in [-0.4, -0.2) is 50.5 Å². The number of hydrogen-bond acceptors (Lipinski definition) is 5. The maximum atomic E-state index is 13.1. The van der Waals surface area contributed by atoms with E-state index in [9.17, 15) is 18.3 Å². The van der Waals surface area contributed by atoms with E-state index in [1.54, 1.807) is 0 Å². The SMILES string of the molecule is CC[C@H](CO)NC(=O)c1ccc(OC)c(S(=O)(=O)N(C)Cc2ccccc2)c1. The van der Waals surface area contributed by atoms with E-state index < -0.39 is 22.0 Å². The highest BCUT2D eigenvalue weighted by molar-refractivity contribution is 7.89. The summed E-state index contributed by atoms with van der Waals surface area (Å²) in [5.74, 6) is -0.295. The topological polar surface area (TPSA) is 95.9 Å². The van der Waals surface area contributed by atoms with Crippen LogP contribution in [0.5, 0.6) is 5.75 Å². The molecule has 8 heteroatoms. The predicted octanol–water partition coefficient (Wildman–Crippen LogP) is 2.02. The van der Waals surface area contributed by atoms with Crippen LogP contribution in [0.15, 0.2) is 53.4 Å². The molecule has 0 radical (unpaired) electrons. The fraction of sp³-hybridized carbons (Fsp3) is 0.350. The summed E-state index contributed by atoms with van der Waals surface area (Å²) in [6, 6.07) is 13.1. The Labute approximate surface area is 166 Å². The van der Waals surface area contributed by atoms with Gasteiger partial charge < -0.3 is 15.2 Å². The Bertz CT molecular complexity index is 896. The maximum Gasteiger partial charge on any atom is 0.251 e. The molecule has 2 rings (SSSR count). The normalized spacial score (nSPS) is 12.6. The first kappa shape index (κ1) is 21.9. The molecule has 0 aromatic heterocycles. The van der Waals surface area contributed by atoms with Gasteiger partial charge in [0.15, 0.2) is 0 Å². The Kier molecular flexibility index (Phi) is 7.56. The largest absolute Gasteiger partial charge is 0.495 e. The van der Waals surface area contributed by atoms with E-state index in [2.05, 4.69) is 5.32 Å². The maximum absolute atomic E-state index is 13.1. The van der Waals surface area contributed by atoms with E-state index in [-0.39, 0.29) is 29.4 Å². The molecular weight excluding hydrogens is 380 g/mol. The lowest BCUT2D eigenvalue weighted by atomic mass is 10.1. The summed E-state index contributed by atoms with van der Waals surface area (Å²) >= 11 is 0. The molecule has 0 aliphatic rings. The molecule has 2 N–H and O–H groups in total. The fourth-order valence-corrected chi connectivity index (χ4v) is 3.99. The molecule has 0 bridgehead atoms. The number of nitrogens with one attached hydrogen (secondary N) is 1. The molecule has 0 fully saturated rings. The average Bonchev–Trinajstić information content (AvgIpc) is 2.71. The van der Waals surface area contributed by atoms with Crippen LogP contribution < -0.4 is 10.1 Å². The number of methoxy groups -OCH3 is 1. The first-order valence-corrected chi connectivity index (χ1v) is 10.4. The predicted molar refractivity (Wildman–Crippen MR) is 107 cm³/mol. The van der Waals surface area contributed by atoms with Crippen molar-refractivity contribution >= 4 is 15.9 Å². The molecule has 0 spiro atoms. The number of ether oxygens (including phenoxy) is 1. The number of carbonyl (C=O) groups excluding carboxylic acids is 1. The first-order chi connectivity index (χ1) is 13.3.